The Morgan fingerprint density at radius 1 is 1.64 bits per heavy atom. The maximum atomic E-state index is 10.7. The summed E-state index contributed by atoms with van der Waals surface area (Å²) in [7, 11) is 4.00. The molecular weight excluding hydrogens is 180 g/mol. The lowest BCUT2D eigenvalue weighted by Crippen LogP contribution is -2.22. The molecule has 1 amide bonds. The molecule has 0 radical (unpaired) electrons. The predicted molar refractivity (Wildman–Crippen MR) is 53.7 cm³/mol. The maximum Gasteiger partial charge on any atom is 0.237 e. The van der Waals surface area contributed by atoms with Gasteiger partial charge in [0.05, 0.1) is 0 Å². The SMILES string of the molecule is CN(C)CCc1nccn1CC(N)=O. The molecule has 0 unspecified atom stereocenters. The van der Waals surface area contributed by atoms with Crippen LogP contribution in [0.4, 0.5) is 0 Å². The van der Waals surface area contributed by atoms with Crippen molar-refractivity contribution in [3.05, 3.63) is 18.2 Å². The minimum atomic E-state index is -0.339. The van der Waals surface area contributed by atoms with Crippen molar-refractivity contribution in [3.63, 3.8) is 0 Å². The number of rotatable bonds is 5. The first-order valence-electron chi connectivity index (χ1n) is 4.52. The van der Waals surface area contributed by atoms with Gasteiger partial charge in [-0.25, -0.2) is 4.98 Å². The first kappa shape index (κ1) is 10.7. The van der Waals surface area contributed by atoms with E-state index >= 15 is 0 Å². The highest BCUT2D eigenvalue weighted by atomic mass is 16.1. The highest BCUT2D eigenvalue weighted by Gasteiger charge is 2.04. The van der Waals surface area contributed by atoms with Crippen LogP contribution in [-0.2, 0) is 17.8 Å². The van der Waals surface area contributed by atoms with Crippen LogP contribution in [0.25, 0.3) is 0 Å². The largest absolute Gasteiger partial charge is 0.368 e. The zero-order chi connectivity index (χ0) is 10.6. The van der Waals surface area contributed by atoms with Crippen molar-refractivity contribution in [3.8, 4) is 0 Å². The third-order valence-corrected chi connectivity index (χ3v) is 1.91. The molecule has 0 fully saturated rings. The molecule has 1 aromatic rings. The minimum Gasteiger partial charge on any atom is -0.368 e. The van der Waals surface area contributed by atoms with Gasteiger partial charge in [-0.05, 0) is 14.1 Å². The van der Waals surface area contributed by atoms with Gasteiger partial charge in [0.2, 0.25) is 5.91 Å². The Kier molecular flexibility index (Phi) is 3.64. The van der Waals surface area contributed by atoms with Gasteiger partial charge in [-0.1, -0.05) is 0 Å². The molecule has 78 valence electrons. The van der Waals surface area contributed by atoms with Crippen LogP contribution in [0.2, 0.25) is 0 Å². The van der Waals surface area contributed by atoms with Crippen molar-refractivity contribution in [2.24, 2.45) is 5.73 Å². The number of nitrogens with two attached hydrogens (primary N) is 1. The average molecular weight is 196 g/mol. The van der Waals surface area contributed by atoms with Crippen LogP contribution in [0.1, 0.15) is 5.82 Å². The lowest BCUT2D eigenvalue weighted by molar-refractivity contribution is -0.118. The van der Waals surface area contributed by atoms with E-state index in [0.29, 0.717) is 0 Å². The van der Waals surface area contributed by atoms with Crippen molar-refractivity contribution < 1.29 is 4.79 Å². The minimum absolute atomic E-state index is 0.211. The summed E-state index contributed by atoms with van der Waals surface area (Å²) >= 11 is 0. The van der Waals surface area contributed by atoms with Crippen molar-refractivity contribution >= 4 is 5.91 Å². The number of hydrogen-bond donors (Lipinski definition) is 1. The summed E-state index contributed by atoms with van der Waals surface area (Å²) in [5.41, 5.74) is 5.11. The zero-order valence-corrected chi connectivity index (χ0v) is 8.60. The van der Waals surface area contributed by atoms with Crippen LogP contribution in [0.5, 0.6) is 0 Å². The summed E-state index contributed by atoms with van der Waals surface area (Å²) in [5, 5.41) is 0. The van der Waals surface area contributed by atoms with E-state index in [0.717, 1.165) is 18.8 Å². The second-order valence-corrected chi connectivity index (χ2v) is 3.49. The van der Waals surface area contributed by atoms with Crippen LogP contribution in [-0.4, -0.2) is 41.0 Å². The molecule has 1 heterocycles. The lowest BCUT2D eigenvalue weighted by atomic mass is 10.4. The van der Waals surface area contributed by atoms with Gasteiger partial charge in [0, 0.05) is 25.4 Å². The smallest absolute Gasteiger partial charge is 0.237 e. The average Bonchev–Trinajstić information content (AvgIpc) is 2.47. The third kappa shape index (κ3) is 3.18. The molecule has 1 rings (SSSR count). The van der Waals surface area contributed by atoms with Gasteiger partial charge in [0.15, 0.2) is 0 Å². The molecule has 0 aliphatic carbocycles. The predicted octanol–water partition coefficient (Wildman–Crippen LogP) is -0.527. The Morgan fingerprint density at radius 3 is 2.93 bits per heavy atom. The van der Waals surface area contributed by atoms with E-state index in [1.807, 2.05) is 14.1 Å². The first-order chi connectivity index (χ1) is 6.59. The number of nitrogens with zero attached hydrogens (tertiary/aromatic N) is 3. The number of imidazole rings is 1. The van der Waals surface area contributed by atoms with E-state index in [9.17, 15) is 4.79 Å². The molecule has 0 aromatic carbocycles. The lowest BCUT2D eigenvalue weighted by Gasteiger charge is -2.09. The van der Waals surface area contributed by atoms with Crippen molar-refractivity contribution in [1.29, 1.82) is 0 Å². The third-order valence-electron chi connectivity index (χ3n) is 1.91. The molecular formula is C9H16N4O. The van der Waals surface area contributed by atoms with Gasteiger partial charge < -0.3 is 15.2 Å². The summed E-state index contributed by atoms with van der Waals surface area (Å²) in [6, 6.07) is 0. The van der Waals surface area contributed by atoms with Crippen LogP contribution < -0.4 is 5.73 Å². The standard InChI is InChI=1S/C9H16N4O/c1-12(2)5-3-9-11-4-6-13(9)7-8(10)14/h4,6H,3,5,7H2,1-2H3,(H2,10,14). The van der Waals surface area contributed by atoms with Gasteiger partial charge in [-0.2, -0.15) is 0 Å². The van der Waals surface area contributed by atoms with Crippen molar-refractivity contribution in [2.75, 3.05) is 20.6 Å². The highest BCUT2D eigenvalue weighted by molar-refractivity contribution is 5.73. The second kappa shape index (κ2) is 4.76. The van der Waals surface area contributed by atoms with E-state index in [-0.39, 0.29) is 12.5 Å². The Balaban J connectivity index is 2.58. The van der Waals surface area contributed by atoms with Gasteiger partial charge in [0.1, 0.15) is 12.4 Å². The molecule has 0 aliphatic heterocycles. The number of carbonyl (C=O) groups excluding carboxylic acids is 1. The summed E-state index contributed by atoms with van der Waals surface area (Å²) in [6.45, 7) is 1.12. The van der Waals surface area contributed by atoms with E-state index in [1.54, 1.807) is 17.0 Å². The number of hydrogen-bond acceptors (Lipinski definition) is 3. The molecule has 0 saturated heterocycles. The molecule has 5 heteroatoms. The first-order valence-corrected chi connectivity index (χ1v) is 4.52. The normalized spacial score (nSPS) is 10.8. The topological polar surface area (TPSA) is 64.2 Å². The van der Waals surface area contributed by atoms with E-state index in [2.05, 4.69) is 9.88 Å². The molecule has 5 nitrogen and oxygen atoms in total. The molecule has 0 atom stereocenters. The van der Waals surface area contributed by atoms with Crippen LogP contribution in [0, 0.1) is 0 Å². The second-order valence-electron chi connectivity index (χ2n) is 3.49. The van der Waals surface area contributed by atoms with Gasteiger partial charge in [-0.3, -0.25) is 4.79 Å². The summed E-state index contributed by atoms with van der Waals surface area (Å²) in [6.07, 6.45) is 4.29. The molecule has 0 saturated carbocycles. The van der Waals surface area contributed by atoms with Gasteiger partial charge >= 0.3 is 0 Å². The van der Waals surface area contributed by atoms with Crippen LogP contribution >= 0.6 is 0 Å². The number of amides is 1. The number of aromatic nitrogens is 2. The van der Waals surface area contributed by atoms with E-state index < -0.39 is 0 Å². The molecule has 14 heavy (non-hydrogen) atoms. The van der Waals surface area contributed by atoms with E-state index in [4.69, 9.17) is 5.73 Å². The molecule has 0 spiro atoms. The molecule has 1 aromatic heterocycles. The van der Waals surface area contributed by atoms with Crippen molar-refractivity contribution in [2.45, 2.75) is 13.0 Å². The monoisotopic (exact) mass is 196 g/mol. The fourth-order valence-corrected chi connectivity index (χ4v) is 1.20. The Morgan fingerprint density at radius 2 is 2.36 bits per heavy atom. The Labute approximate surface area is 83.5 Å². The molecule has 0 bridgehead atoms. The molecule has 0 aliphatic rings. The maximum absolute atomic E-state index is 10.7. The fourth-order valence-electron chi connectivity index (χ4n) is 1.20. The molecule has 2 N–H and O–H groups in total. The van der Waals surface area contributed by atoms with Crippen molar-refractivity contribution in [1.82, 2.24) is 14.5 Å². The fraction of sp³-hybridized carbons (Fsp3) is 0.556. The summed E-state index contributed by atoms with van der Waals surface area (Å²) < 4.78 is 1.78. The quantitative estimate of drug-likeness (QED) is 0.688. The van der Waals surface area contributed by atoms with Crippen LogP contribution in [0.3, 0.4) is 0 Å². The summed E-state index contributed by atoms with van der Waals surface area (Å²) in [4.78, 5) is 17.0. The number of carbonyl (C=O) groups is 1. The van der Waals surface area contributed by atoms with Crippen LogP contribution in [0.15, 0.2) is 12.4 Å². The highest BCUT2D eigenvalue weighted by Crippen LogP contribution is 1.98. The Hall–Kier alpha value is -1.36. The Bertz CT molecular complexity index is 306. The van der Waals surface area contributed by atoms with Gasteiger partial charge in [0.25, 0.3) is 0 Å². The van der Waals surface area contributed by atoms with Gasteiger partial charge in [-0.15, -0.1) is 0 Å². The zero-order valence-electron chi connectivity index (χ0n) is 8.60. The van der Waals surface area contributed by atoms with E-state index in [1.165, 1.54) is 0 Å². The number of likely N-dealkylation sites (N-methyl/N-ethyl adjacent to an activating group) is 1. The number of primary amides is 1. The summed E-state index contributed by atoms with van der Waals surface area (Å²) in [5.74, 6) is 0.562.